The second-order valence-electron chi connectivity index (χ2n) is 4.76. The van der Waals surface area contributed by atoms with Crippen molar-refractivity contribution in [3.05, 3.63) is 27.8 Å². The van der Waals surface area contributed by atoms with Gasteiger partial charge in [-0.2, -0.15) is 0 Å². The van der Waals surface area contributed by atoms with Gasteiger partial charge in [-0.05, 0) is 54.0 Å². The van der Waals surface area contributed by atoms with Crippen LogP contribution in [0.2, 0.25) is 0 Å². The summed E-state index contributed by atoms with van der Waals surface area (Å²) in [5, 5.41) is 14.4. The number of anilines is 1. The summed E-state index contributed by atoms with van der Waals surface area (Å²) in [5.74, 6) is -0.880. The Kier molecular flexibility index (Phi) is 4.28. The van der Waals surface area contributed by atoms with Crippen molar-refractivity contribution in [2.75, 3.05) is 5.32 Å². The maximum absolute atomic E-state index is 11.9. The first kappa shape index (κ1) is 14.1. The number of urea groups is 1. The van der Waals surface area contributed by atoms with Crippen LogP contribution in [0.1, 0.15) is 25.7 Å². The second kappa shape index (κ2) is 5.77. The van der Waals surface area contributed by atoms with Gasteiger partial charge in [0.15, 0.2) is 0 Å². The van der Waals surface area contributed by atoms with E-state index in [0.29, 0.717) is 0 Å². The zero-order valence-electron chi connectivity index (χ0n) is 10.3. The molecule has 0 radical (unpaired) electrons. The van der Waals surface area contributed by atoms with Crippen LogP contribution in [0.3, 0.4) is 0 Å². The standard InChI is InChI=1S/C13H15IN2O3/c14-9-4-1-2-5-10(9)15-12(19)16-13(6-3-7-13)8-11(17)18/h1-2,4-5H,3,6-8H2,(H,17,18)(H2,15,16,19). The Morgan fingerprint density at radius 1 is 1.32 bits per heavy atom. The zero-order chi connectivity index (χ0) is 13.9. The summed E-state index contributed by atoms with van der Waals surface area (Å²) in [6, 6.07) is 7.10. The highest BCUT2D eigenvalue weighted by Gasteiger charge is 2.40. The molecule has 0 unspecified atom stereocenters. The van der Waals surface area contributed by atoms with Gasteiger partial charge in [0.25, 0.3) is 0 Å². The Labute approximate surface area is 124 Å². The molecule has 3 N–H and O–H groups in total. The summed E-state index contributed by atoms with van der Waals surface area (Å²) in [4.78, 5) is 22.8. The van der Waals surface area contributed by atoms with Gasteiger partial charge >= 0.3 is 12.0 Å². The van der Waals surface area contributed by atoms with E-state index in [-0.39, 0.29) is 12.5 Å². The Morgan fingerprint density at radius 2 is 2.00 bits per heavy atom. The van der Waals surface area contributed by atoms with Crippen LogP contribution in [0, 0.1) is 3.57 Å². The lowest BCUT2D eigenvalue weighted by molar-refractivity contribution is -0.139. The van der Waals surface area contributed by atoms with Crippen molar-refractivity contribution in [3.63, 3.8) is 0 Å². The molecule has 0 aromatic heterocycles. The minimum absolute atomic E-state index is 0.0215. The third-order valence-electron chi connectivity index (χ3n) is 3.30. The third kappa shape index (κ3) is 3.59. The minimum atomic E-state index is -0.880. The fourth-order valence-electron chi connectivity index (χ4n) is 2.20. The number of amides is 2. The van der Waals surface area contributed by atoms with Crippen LogP contribution < -0.4 is 10.6 Å². The average molecular weight is 374 g/mol. The van der Waals surface area contributed by atoms with E-state index in [1.165, 1.54) is 0 Å². The van der Waals surface area contributed by atoms with E-state index in [1.54, 1.807) is 0 Å². The number of carboxylic acids is 1. The van der Waals surface area contributed by atoms with Crippen LogP contribution in [0.5, 0.6) is 0 Å². The number of hydrogen-bond acceptors (Lipinski definition) is 2. The summed E-state index contributed by atoms with van der Waals surface area (Å²) in [6.45, 7) is 0. The molecule has 5 nitrogen and oxygen atoms in total. The van der Waals surface area contributed by atoms with E-state index in [4.69, 9.17) is 5.11 Å². The van der Waals surface area contributed by atoms with Gasteiger partial charge in [0, 0.05) is 3.57 Å². The van der Waals surface area contributed by atoms with Gasteiger partial charge in [0.05, 0.1) is 17.6 Å². The maximum Gasteiger partial charge on any atom is 0.319 e. The number of para-hydroxylation sites is 1. The highest BCUT2D eigenvalue weighted by Crippen LogP contribution is 2.35. The lowest BCUT2D eigenvalue weighted by Gasteiger charge is -2.41. The van der Waals surface area contributed by atoms with E-state index in [1.807, 2.05) is 24.3 Å². The van der Waals surface area contributed by atoms with Gasteiger partial charge in [0.2, 0.25) is 0 Å². The van der Waals surface area contributed by atoms with Crippen molar-refractivity contribution in [2.45, 2.75) is 31.2 Å². The molecule has 1 fully saturated rings. The van der Waals surface area contributed by atoms with Gasteiger partial charge < -0.3 is 15.7 Å². The Balaban J connectivity index is 1.97. The first-order chi connectivity index (χ1) is 9.01. The van der Waals surface area contributed by atoms with Crippen LogP contribution in [0.4, 0.5) is 10.5 Å². The molecule has 0 spiro atoms. The van der Waals surface area contributed by atoms with E-state index >= 15 is 0 Å². The molecule has 0 aliphatic heterocycles. The maximum atomic E-state index is 11.9. The molecule has 1 aromatic carbocycles. The third-order valence-corrected chi connectivity index (χ3v) is 4.24. The largest absolute Gasteiger partial charge is 0.481 e. The van der Waals surface area contributed by atoms with Crippen molar-refractivity contribution >= 4 is 40.3 Å². The Morgan fingerprint density at radius 3 is 2.53 bits per heavy atom. The fraction of sp³-hybridized carbons (Fsp3) is 0.385. The van der Waals surface area contributed by atoms with E-state index in [0.717, 1.165) is 28.5 Å². The molecule has 1 aliphatic rings. The topological polar surface area (TPSA) is 78.4 Å². The number of benzene rings is 1. The van der Waals surface area contributed by atoms with Gasteiger partial charge in [0.1, 0.15) is 0 Å². The van der Waals surface area contributed by atoms with Crippen molar-refractivity contribution < 1.29 is 14.7 Å². The quantitative estimate of drug-likeness (QED) is 0.710. The number of carboxylic acid groups (broad SMARTS) is 1. The molecule has 0 heterocycles. The average Bonchev–Trinajstić information content (AvgIpc) is 2.28. The molecule has 1 aromatic rings. The van der Waals surface area contributed by atoms with Crippen LogP contribution in [-0.2, 0) is 4.79 Å². The first-order valence-electron chi connectivity index (χ1n) is 6.06. The molecule has 0 saturated heterocycles. The van der Waals surface area contributed by atoms with Gasteiger partial charge in [-0.1, -0.05) is 12.1 Å². The van der Waals surface area contributed by atoms with Crippen molar-refractivity contribution in [3.8, 4) is 0 Å². The van der Waals surface area contributed by atoms with Crippen LogP contribution >= 0.6 is 22.6 Å². The number of carbonyl (C=O) groups is 2. The number of rotatable bonds is 4. The molecule has 1 saturated carbocycles. The van der Waals surface area contributed by atoms with Crippen molar-refractivity contribution in [1.29, 1.82) is 0 Å². The number of carbonyl (C=O) groups excluding carboxylic acids is 1. The molecule has 102 valence electrons. The molecule has 2 amide bonds. The number of nitrogens with one attached hydrogen (secondary N) is 2. The summed E-state index contributed by atoms with van der Waals surface area (Å²) >= 11 is 2.14. The smallest absolute Gasteiger partial charge is 0.319 e. The van der Waals surface area contributed by atoms with Crippen molar-refractivity contribution in [2.24, 2.45) is 0 Å². The summed E-state index contributed by atoms with van der Waals surface area (Å²) in [6.07, 6.45) is 2.37. The monoisotopic (exact) mass is 374 g/mol. The van der Waals surface area contributed by atoms with Gasteiger partial charge in [-0.25, -0.2) is 4.79 Å². The highest BCUT2D eigenvalue weighted by molar-refractivity contribution is 14.1. The molecule has 19 heavy (non-hydrogen) atoms. The highest BCUT2D eigenvalue weighted by atomic mass is 127. The van der Waals surface area contributed by atoms with Gasteiger partial charge in [-0.3, -0.25) is 4.79 Å². The molecule has 6 heteroatoms. The molecule has 2 rings (SSSR count). The lowest BCUT2D eigenvalue weighted by Crippen LogP contribution is -2.55. The molecule has 0 atom stereocenters. The normalized spacial score (nSPS) is 16.3. The van der Waals surface area contributed by atoms with E-state index < -0.39 is 11.5 Å². The first-order valence-corrected chi connectivity index (χ1v) is 7.14. The number of halogens is 1. The number of hydrogen-bond donors (Lipinski definition) is 3. The Bertz CT molecular complexity index is 500. The molecular formula is C13H15IN2O3. The summed E-state index contributed by atoms with van der Waals surface area (Å²) < 4.78 is 0.941. The molecular weight excluding hydrogens is 359 g/mol. The number of aliphatic carboxylic acids is 1. The Hall–Kier alpha value is -1.31. The molecule has 1 aliphatic carbocycles. The summed E-state index contributed by atoms with van der Waals surface area (Å²) in [7, 11) is 0. The minimum Gasteiger partial charge on any atom is -0.481 e. The van der Waals surface area contributed by atoms with Crippen molar-refractivity contribution in [1.82, 2.24) is 5.32 Å². The lowest BCUT2D eigenvalue weighted by atomic mass is 9.74. The van der Waals surface area contributed by atoms with E-state index in [2.05, 4.69) is 33.2 Å². The zero-order valence-corrected chi connectivity index (χ0v) is 12.4. The summed E-state index contributed by atoms with van der Waals surface area (Å²) in [5.41, 5.74) is 0.154. The fourth-order valence-corrected chi connectivity index (χ4v) is 2.72. The SMILES string of the molecule is O=C(O)CC1(NC(=O)Nc2ccccc2I)CCC1. The van der Waals surface area contributed by atoms with Gasteiger partial charge in [-0.15, -0.1) is 0 Å². The van der Waals surface area contributed by atoms with Crippen LogP contribution in [0.25, 0.3) is 0 Å². The van der Waals surface area contributed by atoms with Crippen LogP contribution in [0.15, 0.2) is 24.3 Å². The predicted octanol–water partition coefficient (Wildman–Crippen LogP) is 2.81. The molecule has 0 bridgehead atoms. The van der Waals surface area contributed by atoms with Crippen LogP contribution in [-0.4, -0.2) is 22.6 Å². The predicted molar refractivity (Wildman–Crippen MR) is 80.1 cm³/mol. The second-order valence-corrected chi connectivity index (χ2v) is 5.93. The van der Waals surface area contributed by atoms with E-state index in [9.17, 15) is 9.59 Å².